The number of hydrogen-bond acceptors (Lipinski definition) is 5. The van der Waals surface area contributed by atoms with E-state index in [1.54, 1.807) is 47.9 Å². The Morgan fingerprint density at radius 2 is 2.12 bits per heavy atom. The first-order chi connectivity index (χ1) is 12.3. The van der Waals surface area contributed by atoms with Gasteiger partial charge < -0.3 is 20.6 Å². The lowest BCUT2D eigenvalue weighted by Crippen LogP contribution is -2.44. The van der Waals surface area contributed by atoms with E-state index in [2.05, 4.69) is 10.6 Å². The average Bonchev–Trinajstić information content (AvgIpc) is 3.04. The minimum Gasteiger partial charge on any atom is -0.388 e. The Hall–Kier alpha value is -2.06. The highest BCUT2D eigenvalue weighted by Gasteiger charge is 2.24. The van der Waals surface area contributed by atoms with Crippen molar-refractivity contribution in [2.75, 3.05) is 35.3 Å². The Morgan fingerprint density at radius 3 is 2.77 bits per heavy atom. The maximum absolute atomic E-state index is 12.1. The topological polar surface area (TPSA) is 98.7 Å². The molecule has 0 unspecified atom stereocenters. The smallest absolute Gasteiger partial charge is 0.313 e. The fraction of sp³-hybridized carbons (Fsp3) is 0.500. The Balaban J connectivity index is 1.90. The first-order valence-electron chi connectivity index (χ1n) is 8.53. The van der Waals surface area contributed by atoms with E-state index in [-0.39, 0.29) is 12.5 Å². The van der Waals surface area contributed by atoms with Crippen LogP contribution in [-0.4, -0.2) is 53.5 Å². The standard InChI is InChI=1S/C18H25N3O4S/c1-18(25,8-10-26-2)12-19-16(23)17(24)20-13-5-3-6-14(11-13)21-9-4-7-15(21)22/h3,5-6,11,25H,4,7-10,12H2,1-2H3,(H,19,23)(H,20,24)/t18-/m1/s1. The lowest BCUT2D eigenvalue weighted by molar-refractivity contribution is -0.136. The summed E-state index contributed by atoms with van der Waals surface area (Å²) in [6.07, 6.45) is 3.79. The summed E-state index contributed by atoms with van der Waals surface area (Å²) < 4.78 is 0. The summed E-state index contributed by atoms with van der Waals surface area (Å²) in [4.78, 5) is 37.5. The largest absolute Gasteiger partial charge is 0.388 e. The fourth-order valence-corrected chi connectivity index (χ4v) is 3.27. The number of anilines is 2. The van der Waals surface area contributed by atoms with Crippen LogP contribution < -0.4 is 15.5 Å². The second kappa shape index (κ2) is 9.05. The summed E-state index contributed by atoms with van der Waals surface area (Å²) in [5.41, 5.74) is 0.0804. The number of aliphatic hydroxyl groups is 1. The maximum atomic E-state index is 12.1. The van der Waals surface area contributed by atoms with Crippen molar-refractivity contribution in [2.45, 2.75) is 31.8 Å². The van der Waals surface area contributed by atoms with Crippen LogP contribution in [0.25, 0.3) is 0 Å². The summed E-state index contributed by atoms with van der Waals surface area (Å²) in [5.74, 6) is -0.803. The molecule has 1 aliphatic rings. The number of nitrogens with one attached hydrogen (secondary N) is 2. The summed E-state index contributed by atoms with van der Waals surface area (Å²) >= 11 is 1.60. The lowest BCUT2D eigenvalue weighted by Gasteiger charge is -2.23. The first kappa shape index (κ1) is 20.3. The third-order valence-corrected chi connectivity index (χ3v) is 4.78. The summed E-state index contributed by atoms with van der Waals surface area (Å²) in [6.45, 7) is 2.28. The minimum atomic E-state index is -1.06. The average molecular weight is 379 g/mol. The normalized spacial score (nSPS) is 16.3. The molecule has 1 fully saturated rings. The van der Waals surface area contributed by atoms with Gasteiger partial charge >= 0.3 is 11.8 Å². The fourth-order valence-electron chi connectivity index (χ4n) is 2.62. The molecule has 0 saturated carbocycles. The van der Waals surface area contributed by atoms with Crippen LogP contribution in [0.3, 0.4) is 0 Å². The molecule has 1 aromatic carbocycles. The van der Waals surface area contributed by atoms with Crippen molar-refractivity contribution in [3.8, 4) is 0 Å². The van der Waals surface area contributed by atoms with Gasteiger partial charge in [0.05, 0.1) is 5.60 Å². The number of nitrogens with zero attached hydrogens (tertiary/aromatic N) is 1. The van der Waals surface area contributed by atoms with E-state index in [0.29, 0.717) is 30.8 Å². The number of rotatable bonds is 7. The zero-order valence-corrected chi connectivity index (χ0v) is 15.9. The number of hydrogen-bond donors (Lipinski definition) is 3. The van der Waals surface area contributed by atoms with Gasteiger partial charge in [-0.25, -0.2) is 0 Å². The molecule has 0 radical (unpaired) electrons. The third kappa shape index (κ3) is 5.74. The van der Waals surface area contributed by atoms with Gasteiger partial charge in [-0.3, -0.25) is 14.4 Å². The Bertz CT molecular complexity index is 678. The molecule has 1 saturated heterocycles. The van der Waals surface area contributed by atoms with Crippen molar-refractivity contribution in [3.05, 3.63) is 24.3 Å². The Morgan fingerprint density at radius 1 is 1.35 bits per heavy atom. The van der Waals surface area contributed by atoms with Crippen LogP contribution in [0.5, 0.6) is 0 Å². The Labute approximate surface area is 157 Å². The van der Waals surface area contributed by atoms with Gasteiger partial charge in [-0.2, -0.15) is 11.8 Å². The van der Waals surface area contributed by atoms with E-state index in [9.17, 15) is 19.5 Å². The van der Waals surface area contributed by atoms with Crippen molar-refractivity contribution in [3.63, 3.8) is 0 Å². The van der Waals surface area contributed by atoms with Gasteiger partial charge in [-0.1, -0.05) is 6.07 Å². The predicted molar refractivity (Wildman–Crippen MR) is 103 cm³/mol. The van der Waals surface area contributed by atoms with Gasteiger partial charge in [0.25, 0.3) is 0 Å². The van der Waals surface area contributed by atoms with Gasteiger partial charge in [0, 0.05) is 30.9 Å². The monoisotopic (exact) mass is 379 g/mol. The van der Waals surface area contributed by atoms with Crippen LogP contribution in [0.1, 0.15) is 26.2 Å². The highest BCUT2D eigenvalue weighted by molar-refractivity contribution is 7.98. The maximum Gasteiger partial charge on any atom is 0.313 e. The molecule has 26 heavy (non-hydrogen) atoms. The number of carbonyl (C=O) groups is 3. The molecule has 1 aromatic rings. The molecule has 142 valence electrons. The zero-order valence-electron chi connectivity index (χ0n) is 15.1. The lowest BCUT2D eigenvalue weighted by atomic mass is 10.0. The molecule has 1 heterocycles. The Kier molecular flexibility index (Phi) is 7.05. The van der Waals surface area contributed by atoms with E-state index in [1.807, 2.05) is 6.26 Å². The van der Waals surface area contributed by atoms with Crippen molar-refractivity contribution in [1.82, 2.24) is 5.32 Å². The predicted octanol–water partition coefficient (Wildman–Crippen LogP) is 1.37. The molecule has 8 heteroatoms. The molecule has 1 atom stereocenters. The van der Waals surface area contributed by atoms with Crippen LogP contribution in [0.15, 0.2) is 24.3 Å². The van der Waals surface area contributed by atoms with Crippen LogP contribution in [0.2, 0.25) is 0 Å². The summed E-state index contributed by atoms with van der Waals surface area (Å²) in [7, 11) is 0. The molecule has 2 rings (SSSR count). The molecule has 0 bridgehead atoms. The number of thioether (sulfide) groups is 1. The van der Waals surface area contributed by atoms with Crippen molar-refractivity contribution in [2.24, 2.45) is 0 Å². The second-order valence-electron chi connectivity index (χ2n) is 6.58. The molecule has 7 nitrogen and oxygen atoms in total. The van der Waals surface area contributed by atoms with Crippen LogP contribution in [0.4, 0.5) is 11.4 Å². The number of carbonyl (C=O) groups excluding carboxylic acids is 3. The molecular formula is C18H25N3O4S. The number of benzene rings is 1. The van der Waals surface area contributed by atoms with E-state index in [0.717, 1.165) is 12.2 Å². The van der Waals surface area contributed by atoms with Crippen LogP contribution in [0, 0.1) is 0 Å². The molecule has 0 spiro atoms. The molecule has 0 aliphatic carbocycles. The SMILES string of the molecule is CSCC[C@@](C)(O)CNC(=O)C(=O)Nc1cccc(N2CCCC2=O)c1. The van der Waals surface area contributed by atoms with Crippen LogP contribution >= 0.6 is 11.8 Å². The van der Waals surface area contributed by atoms with Gasteiger partial charge in [-0.15, -0.1) is 0 Å². The molecule has 1 aliphatic heterocycles. The summed E-state index contributed by atoms with van der Waals surface area (Å²) in [6, 6.07) is 6.84. The third-order valence-electron chi connectivity index (χ3n) is 4.17. The highest BCUT2D eigenvalue weighted by atomic mass is 32.2. The van der Waals surface area contributed by atoms with Gasteiger partial charge in [-0.05, 0) is 50.0 Å². The van der Waals surface area contributed by atoms with Gasteiger partial charge in [0.15, 0.2) is 0 Å². The van der Waals surface area contributed by atoms with Gasteiger partial charge in [0.1, 0.15) is 0 Å². The highest BCUT2D eigenvalue weighted by Crippen LogP contribution is 2.24. The number of amides is 3. The molecule has 3 amide bonds. The van der Waals surface area contributed by atoms with Crippen molar-refractivity contribution < 1.29 is 19.5 Å². The van der Waals surface area contributed by atoms with Crippen molar-refractivity contribution >= 4 is 40.9 Å². The van der Waals surface area contributed by atoms with Crippen molar-refractivity contribution in [1.29, 1.82) is 0 Å². The van der Waals surface area contributed by atoms with Crippen LogP contribution in [-0.2, 0) is 14.4 Å². The van der Waals surface area contributed by atoms with E-state index < -0.39 is 17.4 Å². The zero-order chi connectivity index (χ0) is 19.2. The summed E-state index contributed by atoms with van der Waals surface area (Å²) in [5, 5.41) is 15.1. The van der Waals surface area contributed by atoms with Gasteiger partial charge in [0.2, 0.25) is 5.91 Å². The minimum absolute atomic E-state index is 0.00212. The van der Waals surface area contributed by atoms with E-state index in [1.165, 1.54) is 0 Å². The van der Waals surface area contributed by atoms with E-state index in [4.69, 9.17) is 0 Å². The molecule has 3 N–H and O–H groups in total. The first-order valence-corrected chi connectivity index (χ1v) is 9.93. The quantitative estimate of drug-likeness (QED) is 0.622. The molecular weight excluding hydrogens is 354 g/mol. The molecule has 0 aromatic heterocycles. The second-order valence-corrected chi connectivity index (χ2v) is 7.56. The van der Waals surface area contributed by atoms with E-state index >= 15 is 0 Å².